The lowest BCUT2D eigenvalue weighted by molar-refractivity contribution is 0.0772. The number of hydrogen-bond acceptors (Lipinski definition) is 4. The van der Waals surface area contributed by atoms with E-state index in [0.717, 1.165) is 22.9 Å². The molecule has 0 unspecified atom stereocenters. The van der Waals surface area contributed by atoms with E-state index < -0.39 is 0 Å². The predicted molar refractivity (Wildman–Crippen MR) is 108 cm³/mol. The zero-order valence-corrected chi connectivity index (χ0v) is 16.7. The Labute approximate surface area is 165 Å². The highest BCUT2D eigenvalue weighted by Crippen LogP contribution is 2.20. The molecule has 2 aromatic carbocycles. The molecule has 0 aliphatic carbocycles. The summed E-state index contributed by atoms with van der Waals surface area (Å²) in [4.78, 5) is 14.6. The summed E-state index contributed by atoms with van der Waals surface area (Å²) in [6.45, 7) is 4.66. The van der Waals surface area contributed by atoms with Gasteiger partial charge in [-0.15, -0.1) is 0 Å². The molecule has 0 saturated heterocycles. The maximum atomic E-state index is 13.0. The largest absolute Gasteiger partial charge is 0.497 e. The van der Waals surface area contributed by atoms with Gasteiger partial charge in [0.1, 0.15) is 18.1 Å². The van der Waals surface area contributed by atoms with Crippen LogP contribution in [0.4, 0.5) is 0 Å². The van der Waals surface area contributed by atoms with Gasteiger partial charge in [-0.05, 0) is 50.2 Å². The van der Waals surface area contributed by atoms with E-state index in [1.54, 1.807) is 19.1 Å². The number of amides is 1. The maximum Gasteiger partial charge on any atom is 0.257 e. The molecular weight excluding hydrogens is 354 g/mol. The van der Waals surface area contributed by atoms with Crippen molar-refractivity contribution >= 4 is 5.91 Å². The molecule has 146 valence electrons. The number of para-hydroxylation sites is 1. The molecule has 0 spiro atoms. The molecule has 3 aromatic rings. The van der Waals surface area contributed by atoms with E-state index in [2.05, 4.69) is 5.10 Å². The van der Waals surface area contributed by atoms with Gasteiger partial charge in [0, 0.05) is 7.05 Å². The summed E-state index contributed by atoms with van der Waals surface area (Å²) in [5, 5.41) is 4.55. The number of nitrogens with zero attached hydrogens (tertiary/aromatic N) is 3. The zero-order valence-electron chi connectivity index (χ0n) is 16.7. The van der Waals surface area contributed by atoms with Gasteiger partial charge in [-0.3, -0.25) is 4.79 Å². The van der Waals surface area contributed by atoms with E-state index in [1.165, 1.54) is 0 Å². The van der Waals surface area contributed by atoms with Crippen LogP contribution in [0.3, 0.4) is 0 Å². The van der Waals surface area contributed by atoms with E-state index in [4.69, 9.17) is 9.47 Å². The van der Waals surface area contributed by atoms with Crippen molar-refractivity contribution in [2.75, 3.05) is 27.3 Å². The number of rotatable bonds is 7. The number of aromatic nitrogens is 2. The average Bonchev–Trinajstić information content (AvgIpc) is 3.02. The summed E-state index contributed by atoms with van der Waals surface area (Å²) in [5.74, 6) is 1.46. The van der Waals surface area contributed by atoms with E-state index in [-0.39, 0.29) is 5.91 Å². The molecule has 6 heteroatoms. The minimum Gasteiger partial charge on any atom is -0.497 e. The fraction of sp³-hybridized carbons (Fsp3) is 0.273. The molecule has 0 bridgehead atoms. The zero-order chi connectivity index (χ0) is 20.1. The molecule has 0 N–H and O–H groups in total. The van der Waals surface area contributed by atoms with Crippen LogP contribution in [0.5, 0.6) is 11.5 Å². The fourth-order valence-corrected chi connectivity index (χ4v) is 3.04. The molecule has 1 heterocycles. The Hall–Kier alpha value is -3.28. The monoisotopic (exact) mass is 379 g/mol. The SMILES string of the molecule is COc1ccc(OCCN(C)C(=O)c2c(C)nn(-c3ccccc3)c2C)cc1. The predicted octanol–water partition coefficient (Wildman–Crippen LogP) is 3.65. The van der Waals surface area contributed by atoms with Gasteiger partial charge in [0.05, 0.1) is 36.3 Å². The molecule has 3 rings (SSSR count). The van der Waals surface area contributed by atoms with Gasteiger partial charge in [0.25, 0.3) is 5.91 Å². The normalized spacial score (nSPS) is 10.6. The van der Waals surface area contributed by atoms with Crippen molar-refractivity contribution < 1.29 is 14.3 Å². The molecule has 28 heavy (non-hydrogen) atoms. The molecule has 6 nitrogen and oxygen atoms in total. The van der Waals surface area contributed by atoms with Gasteiger partial charge in [0.2, 0.25) is 0 Å². The fourth-order valence-electron chi connectivity index (χ4n) is 3.04. The van der Waals surface area contributed by atoms with Gasteiger partial charge in [-0.1, -0.05) is 18.2 Å². The summed E-state index contributed by atoms with van der Waals surface area (Å²) in [6, 6.07) is 17.2. The number of ether oxygens (including phenoxy) is 2. The quantitative estimate of drug-likeness (QED) is 0.629. The Balaban J connectivity index is 1.65. The van der Waals surface area contributed by atoms with Gasteiger partial charge in [-0.25, -0.2) is 4.68 Å². The van der Waals surface area contributed by atoms with Crippen LogP contribution in [0.15, 0.2) is 54.6 Å². The van der Waals surface area contributed by atoms with Crippen molar-refractivity contribution in [2.24, 2.45) is 0 Å². The Kier molecular flexibility index (Phi) is 5.99. The molecule has 1 amide bonds. The summed E-state index contributed by atoms with van der Waals surface area (Å²) in [5.41, 5.74) is 3.12. The van der Waals surface area contributed by atoms with E-state index in [0.29, 0.717) is 24.4 Å². The first-order valence-electron chi connectivity index (χ1n) is 9.15. The lowest BCUT2D eigenvalue weighted by Crippen LogP contribution is -2.31. The molecule has 0 radical (unpaired) electrons. The number of carbonyl (C=O) groups is 1. The summed E-state index contributed by atoms with van der Waals surface area (Å²) in [6.07, 6.45) is 0. The number of likely N-dealkylation sites (N-methyl/N-ethyl adjacent to an activating group) is 1. The molecule has 0 saturated carbocycles. The Bertz CT molecular complexity index is 934. The van der Waals surface area contributed by atoms with E-state index >= 15 is 0 Å². The van der Waals surface area contributed by atoms with E-state index in [1.807, 2.05) is 73.1 Å². The highest BCUT2D eigenvalue weighted by molar-refractivity contribution is 5.96. The number of carbonyl (C=O) groups excluding carboxylic acids is 1. The Morgan fingerprint density at radius 1 is 1.04 bits per heavy atom. The van der Waals surface area contributed by atoms with Crippen molar-refractivity contribution in [1.29, 1.82) is 0 Å². The standard InChI is InChI=1S/C22H25N3O3/c1-16-21(17(2)25(23-16)18-8-6-5-7-9-18)22(26)24(3)14-15-28-20-12-10-19(27-4)11-13-20/h5-13H,14-15H2,1-4H3. The topological polar surface area (TPSA) is 56.6 Å². The first-order valence-corrected chi connectivity index (χ1v) is 9.15. The van der Waals surface area contributed by atoms with Crippen molar-refractivity contribution in [3.05, 3.63) is 71.5 Å². The summed E-state index contributed by atoms with van der Waals surface area (Å²) >= 11 is 0. The second-order valence-electron chi connectivity index (χ2n) is 6.54. The van der Waals surface area contributed by atoms with Gasteiger partial charge >= 0.3 is 0 Å². The number of hydrogen-bond donors (Lipinski definition) is 0. The third kappa shape index (κ3) is 4.17. The second-order valence-corrected chi connectivity index (χ2v) is 6.54. The highest BCUT2D eigenvalue weighted by Gasteiger charge is 2.22. The molecule has 0 aliphatic heterocycles. The average molecular weight is 379 g/mol. The highest BCUT2D eigenvalue weighted by atomic mass is 16.5. The minimum atomic E-state index is -0.0597. The van der Waals surface area contributed by atoms with Crippen LogP contribution in [-0.4, -0.2) is 47.9 Å². The van der Waals surface area contributed by atoms with Crippen LogP contribution >= 0.6 is 0 Å². The molecule has 0 fully saturated rings. The Morgan fingerprint density at radius 3 is 2.32 bits per heavy atom. The van der Waals surface area contributed by atoms with Crippen LogP contribution in [0.25, 0.3) is 5.69 Å². The van der Waals surface area contributed by atoms with Gasteiger partial charge < -0.3 is 14.4 Å². The molecule has 0 aliphatic rings. The second kappa shape index (κ2) is 8.61. The lowest BCUT2D eigenvalue weighted by Gasteiger charge is -2.18. The van der Waals surface area contributed by atoms with Crippen molar-refractivity contribution in [3.63, 3.8) is 0 Å². The first kappa shape index (κ1) is 19.5. The van der Waals surface area contributed by atoms with Crippen LogP contribution in [-0.2, 0) is 0 Å². The molecule has 0 atom stereocenters. The summed E-state index contributed by atoms with van der Waals surface area (Å²) in [7, 11) is 3.40. The van der Waals surface area contributed by atoms with Gasteiger partial charge in [0.15, 0.2) is 0 Å². The summed E-state index contributed by atoms with van der Waals surface area (Å²) < 4.78 is 12.7. The number of aryl methyl sites for hydroxylation is 1. The van der Waals surface area contributed by atoms with Crippen LogP contribution in [0, 0.1) is 13.8 Å². The molecule has 1 aromatic heterocycles. The first-order chi connectivity index (χ1) is 13.5. The number of methoxy groups -OCH3 is 1. The van der Waals surface area contributed by atoms with Crippen molar-refractivity contribution in [3.8, 4) is 17.2 Å². The van der Waals surface area contributed by atoms with E-state index in [9.17, 15) is 4.79 Å². The van der Waals surface area contributed by atoms with Gasteiger partial charge in [-0.2, -0.15) is 5.10 Å². The van der Waals surface area contributed by atoms with Crippen molar-refractivity contribution in [2.45, 2.75) is 13.8 Å². The Morgan fingerprint density at radius 2 is 1.68 bits per heavy atom. The van der Waals surface area contributed by atoms with Crippen LogP contribution in [0.2, 0.25) is 0 Å². The lowest BCUT2D eigenvalue weighted by atomic mass is 10.1. The van der Waals surface area contributed by atoms with Crippen LogP contribution < -0.4 is 9.47 Å². The minimum absolute atomic E-state index is 0.0597. The van der Waals surface area contributed by atoms with Crippen molar-refractivity contribution in [1.82, 2.24) is 14.7 Å². The third-order valence-electron chi connectivity index (χ3n) is 4.61. The third-order valence-corrected chi connectivity index (χ3v) is 4.61. The maximum absolute atomic E-state index is 13.0. The smallest absolute Gasteiger partial charge is 0.257 e. The van der Waals surface area contributed by atoms with Crippen LogP contribution in [0.1, 0.15) is 21.7 Å². The molecular formula is C22H25N3O3. The number of benzene rings is 2.